The van der Waals surface area contributed by atoms with E-state index in [4.69, 9.17) is 14.3 Å². The van der Waals surface area contributed by atoms with Gasteiger partial charge in [-0.05, 0) is 85.5 Å². The molecule has 0 saturated carbocycles. The van der Waals surface area contributed by atoms with Gasteiger partial charge in [0.05, 0.1) is 43.1 Å². The van der Waals surface area contributed by atoms with Gasteiger partial charge in [0.15, 0.2) is 16.7 Å². The summed E-state index contributed by atoms with van der Waals surface area (Å²) in [5.41, 5.74) is 6.88. The third-order valence-corrected chi connectivity index (χ3v) is 8.75. The van der Waals surface area contributed by atoms with E-state index in [-0.39, 0.29) is 35.9 Å². The molecule has 0 spiro atoms. The van der Waals surface area contributed by atoms with Gasteiger partial charge in [0.25, 0.3) is 11.8 Å². The Morgan fingerprint density at radius 1 is 0.978 bits per heavy atom. The third-order valence-electron chi connectivity index (χ3n) is 7.83. The maximum Gasteiger partial charge on any atom is 0.287 e. The Labute approximate surface area is 271 Å². The zero-order chi connectivity index (χ0) is 32.2. The number of nitrogens with zero attached hydrogens (tertiary/aromatic N) is 5. The molecule has 3 aromatic carbocycles. The molecule has 11 heteroatoms. The lowest BCUT2D eigenvalue weighted by molar-refractivity contribution is -0.130. The number of furan rings is 1. The normalized spacial score (nSPS) is 14.3. The molecular formula is C35H34N6O4S. The van der Waals surface area contributed by atoms with E-state index in [9.17, 15) is 9.59 Å². The summed E-state index contributed by atoms with van der Waals surface area (Å²) in [4.78, 5) is 26.5. The van der Waals surface area contributed by atoms with Gasteiger partial charge in [-0.3, -0.25) is 14.2 Å². The number of benzene rings is 3. The van der Waals surface area contributed by atoms with Gasteiger partial charge in [0, 0.05) is 6.42 Å². The number of hydrogen-bond donors (Lipinski definition) is 1. The number of methoxy groups -OCH3 is 1. The average Bonchev–Trinajstić information content (AvgIpc) is 3.85. The van der Waals surface area contributed by atoms with Gasteiger partial charge in [-0.15, -0.1) is 10.2 Å². The number of ether oxygens (including phenoxy) is 1. The molecule has 0 fully saturated rings. The number of aromatic nitrogens is 3. The van der Waals surface area contributed by atoms with Crippen molar-refractivity contribution in [3.05, 3.63) is 125 Å². The van der Waals surface area contributed by atoms with Gasteiger partial charge in [0.2, 0.25) is 0 Å². The van der Waals surface area contributed by atoms with E-state index in [2.05, 4.69) is 39.8 Å². The lowest BCUT2D eigenvalue weighted by Gasteiger charge is -2.22. The van der Waals surface area contributed by atoms with Crippen LogP contribution in [0.15, 0.2) is 99.8 Å². The van der Waals surface area contributed by atoms with Crippen molar-refractivity contribution in [3.8, 4) is 11.4 Å². The zero-order valence-electron chi connectivity index (χ0n) is 26.1. The molecule has 2 aromatic heterocycles. The SMILES string of the molecule is COc1ccc(C2=NN(C(=O)CSc3nnc(CNC(=O)c4ccco4)n3-c3cc(C)ccc3C)[C@H](c3ccc(C)cc3)C2)cc1. The molecule has 2 amide bonds. The summed E-state index contributed by atoms with van der Waals surface area (Å²) in [7, 11) is 1.63. The minimum absolute atomic E-state index is 0.0868. The Morgan fingerprint density at radius 2 is 1.74 bits per heavy atom. The van der Waals surface area contributed by atoms with Crippen LogP contribution in [0, 0.1) is 20.8 Å². The van der Waals surface area contributed by atoms with Crippen LogP contribution in [0.4, 0.5) is 0 Å². The molecule has 1 aliphatic rings. The van der Waals surface area contributed by atoms with E-state index in [0.29, 0.717) is 17.4 Å². The highest BCUT2D eigenvalue weighted by Gasteiger charge is 2.33. The number of rotatable bonds is 10. The van der Waals surface area contributed by atoms with Gasteiger partial charge < -0.3 is 14.5 Å². The number of nitrogens with one attached hydrogen (secondary N) is 1. The van der Waals surface area contributed by atoms with Crippen molar-refractivity contribution < 1.29 is 18.7 Å². The van der Waals surface area contributed by atoms with Gasteiger partial charge in [-0.1, -0.05) is 53.7 Å². The third kappa shape index (κ3) is 6.59. The van der Waals surface area contributed by atoms with E-state index in [1.165, 1.54) is 18.0 Å². The first-order valence-electron chi connectivity index (χ1n) is 14.9. The highest BCUT2D eigenvalue weighted by molar-refractivity contribution is 7.99. The van der Waals surface area contributed by atoms with Gasteiger partial charge in [0.1, 0.15) is 5.75 Å². The molecule has 1 atom stereocenters. The first kappa shape index (κ1) is 30.8. The van der Waals surface area contributed by atoms with E-state index in [0.717, 1.165) is 45.0 Å². The number of hydrazone groups is 1. The Bertz CT molecular complexity index is 1880. The molecule has 10 nitrogen and oxygen atoms in total. The molecule has 0 unspecified atom stereocenters. The van der Waals surface area contributed by atoms with Crippen LogP contribution >= 0.6 is 11.8 Å². The number of hydrogen-bond acceptors (Lipinski definition) is 8. The summed E-state index contributed by atoms with van der Waals surface area (Å²) >= 11 is 1.29. The molecule has 6 rings (SSSR count). The Hall–Kier alpha value is -5.16. The topological polar surface area (TPSA) is 115 Å². The predicted molar refractivity (Wildman–Crippen MR) is 176 cm³/mol. The predicted octanol–water partition coefficient (Wildman–Crippen LogP) is 6.19. The Balaban J connectivity index is 1.27. The average molecular weight is 635 g/mol. The molecule has 1 N–H and O–H groups in total. The number of carbonyl (C=O) groups excluding carboxylic acids is 2. The smallest absolute Gasteiger partial charge is 0.287 e. The van der Waals surface area contributed by atoms with Crippen molar-refractivity contribution in [2.24, 2.45) is 5.10 Å². The highest BCUT2D eigenvalue weighted by atomic mass is 32.2. The van der Waals surface area contributed by atoms with Crippen LogP contribution in [0.3, 0.4) is 0 Å². The first-order valence-corrected chi connectivity index (χ1v) is 15.9. The summed E-state index contributed by atoms with van der Waals surface area (Å²) in [6.07, 6.45) is 2.04. The second-order valence-electron chi connectivity index (χ2n) is 11.1. The molecule has 46 heavy (non-hydrogen) atoms. The van der Waals surface area contributed by atoms with Crippen LogP contribution in [0.5, 0.6) is 5.75 Å². The molecule has 0 saturated heterocycles. The molecule has 0 aliphatic carbocycles. The van der Waals surface area contributed by atoms with Crippen molar-refractivity contribution in [1.29, 1.82) is 0 Å². The second kappa shape index (κ2) is 13.5. The quantitative estimate of drug-likeness (QED) is 0.182. The molecule has 3 heterocycles. The van der Waals surface area contributed by atoms with Gasteiger partial charge >= 0.3 is 0 Å². The van der Waals surface area contributed by atoms with E-state index in [1.54, 1.807) is 24.3 Å². The summed E-state index contributed by atoms with van der Waals surface area (Å²) < 4.78 is 12.4. The summed E-state index contributed by atoms with van der Waals surface area (Å²) in [5.74, 6) is 1.08. The second-order valence-corrected chi connectivity index (χ2v) is 12.1. The molecule has 234 valence electrons. The molecule has 5 aromatic rings. The fourth-order valence-electron chi connectivity index (χ4n) is 5.30. The van der Waals surface area contributed by atoms with Crippen LogP contribution < -0.4 is 10.1 Å². The summed E-state index contributed by atoms with van der Waals surface area (Å²) in [6, 6.07) is 25.1. The van der Waals surface area contributed by atoms with Crippen LogP contribution in [0.25, 0.3) is 5.69 Å². The summed E-state index contributed by atoms with van der Waals surface area (Å²) in [6.45, 7) is 6.18. The van der Waals surface area contributed by atoms with Crippen molar-refractivity contribution in [2.45, 2.75) is 44.9 Å². The van der Waals surface area contributed by atoms with E-state index < -0.39 is 0 Å². The van der Waals surface area contributed by atoms with Crippen LogP contribution in [0.1, 0.15) is 56.7 Å². The zero-order valence-corrected chi connectivity index (χ0v) is 26.9. The minimum Gasteiger partial charge on any atom is -0.497 e. The molecule has 1 aliphatic heterocycles. The Kier molecular flexibility index (Phi) is 9.02. The lowest BCUT2D eigenvalue weighted by Crippen LogP contribution is -2.28. The van der Waals surface area contributed by atoms with Crippen molar-refractivity contribution >= 4 is 29.3 Å². The maximum atomic E-state index is 13.9. The largest absolute Gasteiger partial charge is 0.497 e. The molecular weight excluding hydrogens is 600 g/mol. The first-order chi connectivity index (χ1) is 22.3. The standard InChI is InChI=1S/C35H34N6O4S/c1-22-8-11-26(12-9-22)30-19-28(25-13-15-27(44-4)16-14-25)39-41(30)33(42)21-46-35-38-37-32(20-36-34(43)31-6-5-17-45-31)40(35)29-18-23(2)7-10-24(29)3/h5-18,30H,19-21H2,1-4H3,(H,36,43)/t30-/m0/s1. The van der Waals surface area contributed by atoms with Crippen LogP contribution in [0.2, 0.25) is 0 Å². The number of thioether (sulfide) groups is 1. The number of aryl methyl sites for hydroxylation is 3. The fraction of sp³-hybridized carbons (Fsp3) is 0.229. The Morgan fingerprint density at radius 3 is 2.46 bits per heavy atom. The van der Waals surface area contributed by atoms with Crippen LogP contribution in [-0.4, -0.2) is 50.2 Å². The number of carbonyl (C=O) groups is 2. The highest BCUT2D eigenvalue weighted by Crippen LogP contribution is 2.35. The monoisotopic (exact) mass is 634 g/mol. The van der Waals surface area contributed by atoms with Crippen LogP contribution in [-0.2, 0) is 11.3 Å². The fourth-order valence-corrected chi connectivity index (χ4v) is 6.12. The van der Waals surface area contributed by atoms with Gasteiger partial charge in [-0.2, -0.15) is 5.10 Å². The van der Waals surface area contributed by atoms with E-state index in [1.807, 2.05) is 67.8 Å². The molecule has 0 radical (unpaired) electrons. The minimum atomic E-state index is -0.355. The summed E-state index contributed by atoms with van der Waals surface area (Å²) in [5, 5.41) is 18.7. The van der Waals surface area contributed by atoms with Gasteiger partial charge in [-0.25, -0.2) is 5.01 Å². The molecule has 0 bridgehead atoms. The van der Waals surface area contributed by atoms with Crippen molar-refractivity contribution in [3.63, 3.8) is 0 Å². The lowest BCUT2D eigenvalue weighted by atomic mass is 9.97. The van der Waals surface area contributed by atoms with E-state index >= 15 is 0 Å². The van der Waals surface area contributed by atoms with Crippen molar-refractivity contribution in [1.82, 2.24) is 25.1 Å². The number of amides is 2. The van der Waals surface area contributed by atoms with Crippen molar-refractivity contribution in [2.75, 3.05) is 12.9 Å². The maximum absolute atomic E-state index is 13.9.